The maximum Gasteiger partial charge on any atom is 0.152 e. The van der Waals surface area contributed by atoms with Crippen LogP contribution in [-0.2, 0) is 0 Å². The van der Waals surface area contributed by atoms with E-state index in [0.29, 0.717) is 0 Å². The maximum atomic E-state index is 5.23. The normalized spacial score (nSPS) is 10.3. The zero-order chi connectivity index (χ0) is 13.7. The van der Waals surface area contributed by atoms with E-state index < -0.39 is 0 Å². The minimum atomic E-state index is 0.831. The molecule has 0 spiro atoms. The molecule has 1 N–H and O–H groups in total. The van der Waals surface area contributed by atoms with Crippen LogP contribution < -0.4 is 10.1 Å². The van der Waals surface area contributed by atoms with Gasteiger partial charge in [-0.2, -0.15) is 0 Å². The summed E-state index contributed by atoms with van der Waals surface area (Å²) in [6.07, 6.45) is 4.48. The minimum Gasteiger partial charge on any atom is -0.497 e. The summed E-state index contributed by atoms with van der Waals surface area (Å²) in [5.41, 5.74) is 3.09. The summed E-state index contributed by atoms with van der Waals surface area (Å²) in [4.78, 5) is 8.82. The SMILES string of the molecule is CCCNc1nccnc1-c1ccc(OC)cc1C. The largest absolute Gasteiger partial charge is 0.497 e. The zero-order valence-corrected chi connectivity index (χ0v) is 11.6. The molecule has 0 amide bonds. The van der Waals surface area contributed by atoms with Crippen LogP contribution in [-0.4, -0.2) is 23.6 Å². The van der Waals surface area contributed by atoms with Gasteiger partial charge >= 0.3 is 0 Å². The van der Waals surface area contributed by atoms with Crippen LogP contribution in [0.4, 0.5) is 5.82 Å². The Balaban J connectivity index is 2.40. The summed E-state index contributed by atoms with van der Waals surface area (Å²) in [7, 11) is 1.67. The second-order valence-electron chi connectivity index (χ2n) is 4.36. The highest BCUT2D eigenvalue weighted by Gasteiger charge is 2.10. The Morgan fingerprint density at radius 1 is 1.21 bits per heavy atom. The summed E-state index contributed by atoms with van der Waals surface area (Å²) in [6, 6.07) is 5.98. The number of ether oxygens (including phenoxy) is 1. The molecule has 0 radical (unpaired) electrons. The summed E-state index contributed by atoms with van der Waals surface area (Å²) in [6.45, 7) is 5.07. The molecule has 2 rings (SSSR count). The molecular formula is C15H19N3O. The van der Waals surface area contributed by atoms with Crippen molar-refractivity contribution in [3.63, 3.8) is 0 Å². The van der Waals surface area contributed by atoms with Crippen molar-refractivity contribution in [3.05, 3.63) is 36.2 Å². The van der Waals surface area contributed by atoms with Gasteiger partial charge in [-0.1, -0.05) is 6.92 Å². The lowest BCUT2D eigenvalue weighted by molar-refractivity contribution is 0.414. The van der Waals surface area contributed by atoms with Crippen LogP contribution in [0.25, 0.3) is 11.3 Å². The van der Waals surface area contributed by atoms with Crippen LogP contribution in [0.1, 0.15) is 18.9 Å². The molecule has 2 aromatic rings. The van der Waals surface area contributed by atoms with Crippen LogP contribution in [0.15, 0.2) is 30.6 Å². The fourth-order valence-corrected chi connectivity index (χ4v) is 1.94. The monoisotopic (exact) mass is 257 g/mol. The van der Waals surface area contributed by atoms with Crippen LogP contribution in [0, 0.1) is 6.92 Å². The lowest BCUT2D eigenvalue weighted by atomic mass is 10.0. The quantitative estimate of drug-likeness (QED) is 0.893. The standard InChI is InChI=1S/C15H19N3O/c1-4-7-17-15-14(16-8-9-18-15)13-6-5-12(19-3)10-11(13)2/h5-6,8-10H,4,7H2,1-3H3,(H,17,18). The van der Waals surface area contributed by atoms with Gasteiger partial charge in [0.1, 0.15) is 11.4 Å². The summed E-state index contributed by atoms with van der Waals surface area (Å²) in [5, 5.41) is 3.31. The molecule has 4 nitrogen and oxygen atoms in total. The van der Waals surface area contributed by atoms with Gasteiger partial charge in [0.2, 0.25) is 0 Å². The van der Waals surface area contributed by atoms with Crippen LogP contribution in [0.3, 0.4) is 0 Å². The fourth-order valence-electron chi connectivity index (χ4n) is 1.94. The van der Waals surface area contributed by atoms with Gasteiger partial charge in [-0.3, -0.25) is 4.98 Å². The van der Waals surface area contributed by atoms with E-state index in [2.05, 4.69) is 29.1 Å². The minimum absolute atomic E-state index is 0.831. The van der Waals surface area contributed by atoms with E-state index >= 15 is 0 Å². The van der Waals surface area contributed by atoms with Gasteiger partial charge in [0.25, 0.3) is 0 Å². The van der Waals surface area contributed by atoms with Crippen molar-refractivity contribution in [2.75, 3.05) is 19.0 Å². The third kappa shape index (κ3) is 3.02. The van der Waals surface area contributed by atoms with Gasteiger partial charge in [-0.15, -0.1) is 0 Å². The average Bonchev–Trinajstić information content (AvgIpc) is 2.45. The van der Waals surface area contributed by atoms with E-state index in [1.165, 1.54) is 0 Å². The van der Waals surface area contributed by atoms with E-state index in [4.69, 9.17) is 4.74 Å². The predicted molar refractivity (Wildman–Crippen MR) is 77.5 cm³/mol. The zero-order valence-electron chi connectivity index (χ0n) is 11.6. The lowest BCUT2D eigenvalue weighted by Crippen LogP contribution is -2.05. The number of nitrogens with zero attached hydrogens (tertiary/aromatic N) is 2. The van der Waals surface area contributed by atoms with Crippen molar-refractivity contribution < 1.29 is 4.74 Å². The molecule has 0 saturated heterocycles. The molecule has 0 aliphatic heterocycles. The highest BCUT2D eigenvalue weighted by Crippen LogP contribution is 2.29. The molecule has 1 heterocycles. The van der Waals surface area contributed by atoms with Crippen LogP contribution >= 0.6 is 0 Å². The molecule has 0 atom stereocenters. The molecule has 19 heavy (non-hydrogen) atoms. The van der Waals surface area contributed by atoms with Gasteiger partial charge in [0.05, 0.1) is 7.11 Å². The first kappa shape index (κ1) is 13.3. The van der Waals surface area contributed by atoms with Crippen molar-refractivity contribution in [1.82, 2.24) is 9.97 Å². The predicted octanol–water partition coefficient (Wildman–Crippen LogP) is 3.28. The molecule has 1 aromatic carbocycles. The van der Waals surface area contributed by atoms with E-state index in [-0.39, 0.29) is 0 Å². The summed E-state index contributed by atoms with van der Waals surface area (Å²) < 4.78 is 5.23. The number of hydrogen-bond donors (Lipinski definition) is 1. The molecule has 0 saturated carbocycles. The van der Waals surface area contributed by atoms with Gasteiger partial charge in [0.15, 0.2) is 5.82 Å². The number of anilines is 1. The first-order valence-corrected chi connectivity index (χ1v) is 6.46. The van der Waals surface area contributed by atoms with E-state index in [1.807, 2.05) is 18.2 Å². The average molecular weight is 257 g/mol. The molecule has 0 aliphatic rings. The molecule has 0 aliphatic carbocycles. The van der Waals surface area contributed by atoms with Crippen LogP contribution in [0.2, 0.25) is 0 Å². The van der Waals surface area contributed by atoms with Crippen molar-refractivity contribution in [2.24, 2.45) is 0 Å². The van der Waals surface area contributed by atoms with Gasteiger partial charge in [0, 0.05) is 24.5 Å². The second kappa shape index (κ2) is 6.18. The number of aryl methyl sites for hydroxylation is 1. The fraction of sp³-hybridized carbons (Fsp3) is 0.333. The molecule has 0 unspecified atom stereocenters. The highest BCUT2D eigenvalue weighted by molar-refractivity contribution is 5.74. The Morgan fingerprint density at radius 2 is 2.00 bits per heavy atom. The van der Waals surface area contributed by atoms with E-state index in [0.717, 1.165) is 41.4 Å². The van der Waals surface area contributed by atoms with Crippen LogP contribution in [0.5, 0.6) is 5.75 Å². The Labute approximate surface area is 113 Å². The number of rotatable bonds is 5. The summed E-state index contributed by atoms with van der Waals surface area (Å²) in [5.74, 6) is 1.69. The maximum absolute atomic E-state index is 5.23. The van der Waals surface area contributed by atoms with Crippen molar-refractivity contribution in [1.29, 1.82) is 0 Å². The van der Waals surface area contributed by atoms with Crippen molar-refractivity contribution >= 4 is 5.82 Å². The van der Waals surface area contributed by atoms with E-state index in [9.17, 15) is 0 Å². The lowest BCUT2D eigenvalue weighted by Gasteiger charge is -2.12. The second-order valence-corrected chi connectivity index (χ2v) is 4.36. The smallest absolute Gasteiger partial charge is 0.152 e. The van der Waals surface area contributed by atoms with Gasteiger partial charge < -0.3 is 10.1 Å². The number of hydrogen-bond acceptors (Lipinski definition) is 4. The number of benzene rings is 1. The third-order valence-corrected chi connectivity index (χ3v) is 2.93. The summed E-state index contributed by atoms with van der Waals surface area (Å²) >= 11 is 0. The first-order chi connectivity index (χ1) is 9.26. The molecule has 0 bridgehead atoms. The Morgan fingerprint density at radius 3 is 2.68 bits per heavy atom. The van der Waals surface area contributed by atoms with Crippen molar-refractivity contribution in [2.45, 2.75) is 20.3 Å². The Bertz CT molecular complexity index is 555. The molecule has 0 fully saturated rings. The topological polar surface area (TPSA) is 47.0 Å². The van der Waals surface area contributed by atoms with Gasteiger partial charge in [-0.25, -0.2) is 4.98 Å². The Kier molecular flexibility index (Phi) is 4.34. The number of aromatic nitrogens is 2. The Hall–Kier alpha value is -2.10. The first-order valence-electron chi connectivity index (χ1n) is 6.46. The van der Waals surface area contributed by atoms with Gasteiger partial charge in [-0.05, 0) is 37.1 Å². The molecule has 4 heteroatoms. The molecular weight excluding hydrogens is 238 g/mol. The highest BCUT2D eigenvalue weighted by atomic mass is 16.5. The van der Waals surface area contributed by atoms with Crippen molar-refractivity contribution in [3.8, 4) is 17.0 Å². The molecule has 100 valence electrons. The van der Waals surface area contributed by atoms with E-state index in [1.54, 1.807) is 19.5 Å². The third-order valence-electron chi connectivity index (χ3n) is 2.93. The molecule has 1 aromatic heterocycles. The number of nitrogens with one attached hydrogen (secondary N) is 1. The number of methoxy groups -OCH3 is 1.